The van der Waals surface area contributed by atoms with Crippen LogP contribution in [0.1, 0.15) is 40.5 Å². The summed E-state index contributed by atoms with van der Waals surface area (Å²) in [5.74, 6) is -3.88. The highest BCUT2D eigenvalue weighted by Gasteiger charge is 2.35. The van der Waals surface area contributed by atoms with Crippen LogP contribution in [0.5, 0.6) is 0 Å². The third kappa shape index (κ3) is 4.09. The van der Waals surface area contributed by atoms with Gasteiger partial charge in [-0.25, -0.2) is 14.8 Å². The normalized spacial score (nSPS) is 19.3. The summed E-state index contributed by atoms with van der Waals surface area (Å²) in [7, 11) is 0. The molecule has 3 heterocycles. The van der Waals surface area contributed by atoms with Gasteiger partial charge in [0.25, 0.3) is 5.91 Å². The van der Waals surface area contributed by atoms with E-state index in [-0.39, 0.29) is 34.0 Å². The lowest BCUT2D eigenvalue weighted by atomic mass is 10.1. The van der Waals surface area contributed by atoms with E-state index in [0.29, 0.717) is 13.1 Å². The van der Waals surface area contributed by atoms with Gasteiger partial charge in [-0.15, -0.1) is 0 Å². The Morgan fingerprint density at radius 3 is 2.53 bits per heavy atom. The Morgan fingerprint density at radius 1 is 1.12 bits per heavy atom. The second-order valence-corrected chi connectivity index (χ2v) is 8.22. The molecule has 1 aliphatic heterocycles. The smallest absolute Gasteiger partial charge is 0.380 e. The number of halogens is 1. The van der Waals surface area contributed by atoms with Gasteiger partial charge in [-0.3, -0.25) is 14.5 Å². The van der Waals surface area contributed by atoms with E-state index in [1.807, 2.05) is 32.0 Å². The number of hydrogen-bond acceptors (Lipinski definition) is 7. The van der Waals surface area contributed by atoms with Gasteiger partial charge < -0.3 is 14.4 Å². The molecule has 32 heavy (non-hydrogen) atoms. The molecule has 1 fully saturated rings. The van der Waals surface area contributed by atoms with Crippen molar-refractivity contribution >= 4 is 40.3 Å². The molecule has 9 nitrogen and oxygen atoms in total. The van der Waals surface area contributed by atoms with Gasteiger partial charge >= 0.3 is 11.8 Å². The maximum Gasteiger partial charge on any atom is 0.380 e. The Balaban J connectivity index is 1.59. The van der Waals surface area contributed by atoms with Crippen molar-refractivity contribution in [3.63, 3.8) is 0 Å². The number of carboxylic acids is 1. The standard InChI is InChI=1S/C22H21ClN4O5/c1-12-9-27(13(2)8-26(12)10-14-6-4-3-5-7-14)21(29)17-20(23)24-15-11-32-19(16(15)25-17)18(28)22(30)31/h3-7,11-13H,8-10H2,1-2H3,(H,30,31)/t12-,13+/m0/s1. The van der Waals surface area contributed by atoms with Crippen LogP contribution < -0.4 is 0 Å². The molecule has 3 aromatic rings. The summed E-state index contributed by atoms with van der Waals surface area (Å²) in [4.78, 5) is 48.5. The molecule has 0 radical (unpaired) electrons. The van der Waals surface area contributed by atoms with Crippen LogP contribution in [-0.4, -0.2) is 67.7 Å². The third-order valence-electron chi connectivity index (χ3n) is 5.59. The van der Waals surface area contributed by atoms with E-state index in [1.54, 1.807) is 4.90 Å². The van der Waals surface area contributed by atoms with Crippen molar-refractivity contribution in [2.75, 3.05) is 13.1 Å². The molecule has 1 saturated heterocycles. The molecule has 0 unspecified atom stereocenters. The summed E-state index contributed by atoms with van der Waals surface area (Å²) in [6.45, 7) is 5.87. The maximum atomic E-state index is 13.3. The predicted molar refractivity (Wildman–Crippen MR) is 116 cm³/mol. The van der Waals surface area contributed by atoms with E-state index >= 15 is 0 Å². The van der Waals surface area contributed by atoms with E-state index in [2.05, 4.69) is 27.0 Å². The number of nitrogens with zero attached hydrogens (tertiary/aromatic N) is 4. The lowest BCUT2D eigenvalue weighted by molar-refractivity contribution is -0.131. The van der Waals surface area contributed by atoms with Gasteiger partial charge in [-0.1, -0.05) is 41.9 Å². The number of carbonyl (C=O) groups is 3. The van der Waals surface area contributed by atoms with Crippen molar-refractivity contribution in [2.45, 2.75) is 32.5 Å². The number of aliphatic carboxylic acids is 1. The van der Waals surface area contributed by atoms with Crippen LogP contribution in [-0.2, 0) is 11.3 Å². The zero-order valence-electron chi connectivity index (χ0n) is 17.5. The highest BCUT2D eigenvalue weighted by molar-refractivity contribution is 6.41. The summed E-state index contributed by atoms with van der Waals surface area (Å²) in [5.41, 5.74) is 1.05. The Labute approximate surface area is 188 Å². The number of ketones is 1. The number of piperazine rings is 1. The van der Waals surface area contributed by atoms with E-state index in [9.17, 15) is 14.4 Å². The number of amides is 1. The summed E-state index contributed by atoms with van der Waals surface area (Å²) in [5, 5.41) is 8.85. The summed E-state index contributed by atoms with van der Waals surface area (Å²) >= 11 is 6.21. The highest BCUT2D eigenvalue weighted by atomic mass is 35.5. The van der Waals surface area contributed by atoms with Crippen LogP contribution in [0.15, 0.2) is 41.0 Å². The van der Waals surface area contributed by atoms with E-state index in [4.69, 9.17) is 21.1 Å². The van der Waals surface area contributed by atoms with Crippen LogP contribution in [0.25, 0.3) is 11.0 Å². The molecule has 0 bridgehead atoms. The average molecular weight is 457 g/mol. The average Bonchev–Trinajstić information content (AvgIpc) is 3.17. The van der Waals surface area contributed by atoms with Crippen LogP contribution in [0.3, 0.4) is 0 Å². The van der Waals surface area contributed by atoms with Crippen LogP contribution in [0.4, 0.5) is 0 Å². The molecule has 0 spiro atoms. The van der Waals surface area contributed by atoms with Crippen molar-refractivity contribution < 1.29 is 23.9 Å². The maximum absolute atomic E-state index is 13.3. The number of rotatable bonds is 5. The molecule has 1 aromatic carbocycles. The monoisotopic (exact) mass is 456 g/mol. The Kier molecular flexibility index (Phi) is 5.94. The lowest BCUT2D eigenvalue weighted by Crippen LogP contribution is -2.57. The second kappa shape index (κ2) is 8.68. The molecule has 0 aliphatic carbocycles. The van der Waals surface area contributed by atoms with Crippen LogP contribution >= 0.6 is 11.6 Å². The fourth-order valence-electron chi connectivity index (χ4n) is 3.90. The van der Waals surface area contributed by atoms with E-state index in [0.717, 1.165) is 12.8 Å². The van der Waals surface area contributed by atoms with Gasteiger partial charge in [0.15, 0.2) is 10.8 Å². The van der Waals surface area contributed by atoms with Crippen LogP contribution in [0.2, 0.25) is 5.15 Å². The lowest BCUT2D eigenvalue weighted by Gasteiger charge is -2.44. The minimum atomic E-state index is -1.69. The largest absolute Gasteiger partial charge is 0.475 e. The van der Waals surface area contributed by atoms with Crippen molar-refractivity contribution in [3.05, 3.63) is 58.8 Å². The molecular weight excluding hydrogens is 436 g/mol. The number of aromatic nitrogens is 2. The number of benzene rings is 1. The summed E-state index contributed by atoms with van der Waals surface area (Å²) in [6, 6.07) is 10.1. The van der Waals surface area contributed by atoms with E-state index < -0.39 is 23.4 Å². The first-order chi connectivity index (χ1) is 15.3. The first-order valence-corrected chi connectivity index (χ1v) is 10.4. The molecule has 1 N–H and O–H groups in total. The fraction of sp³-hybridized carbons (Fsp3) is 0.318. The molecule has 1 aliphatic rings. The zero-order valence-corrected chi connectivity index (χ0v) is 18.2. The zero-order chi connectivity index (χ0) is 23.0. The SMILES string of the molecule is C[C@@H]1CN(Cc2ccccc2)[C@@H](C)CN1C(=O)c1nc2c(C(=O)C(=O)O)occ2nc1Cl. The Hall–Kier alpha value is -3.30. The molecule has 166 valence electrons. The second-order valence-electron chi connectivity index (χ2n) is 7.87. The quantitative estimate of drug-likeness (QED) is 0.460. The first kappa shape index (κ1) is 21.9. The van der Waals surface area contributed by atoms with Crippen molar-refractivity contribution in [3.8, 4) is 0 Å². The van der Waals surface area contributed by atoms with Gasteiger partial charge in [0.05, 0.1) is 0 Å². The molecule has 10 heteroatoms. The number of hydrogen-bond donors (Lipinski definition) is 1. The number of fused-ring (bicyclic) bond motifs is 1. The fourth-order valence-corrected chi connectivity index (χ4v) is 4.11. The Morgan fingerprint density at radius 2 is 1.84 bits per heavy atom. The predicted octanol–water partition coefficient (Wildman–Crippen LogP) is 2.88. The highest BCUT2D eigenvalue weighted by Crippen LogP contribution is 2.26. The van der Waals surface area contributed by atoms with Gasteiger partial charge in [-0.05, 0) is 19.4 Å². The summed E-state index contributed by atoms with van der Waals surface area (Å²) in [6.07, 6.45) is 1.09. The van der Waals surface area contributed by atoms with Crippen LogP contribution in [0, 0.1) is 0 Å². The van der Waals surface area contributed by atoms with Gasteiger partial charge in [0.1, 0.15) is 17.3 Å². The molecular formula is C22H21ClN4O5. The summed E-state index contributed by atoms with van der Waals surface area (Å²) < 4.78 is 5.04. The minimum absolute atomic E-state index is 0.0869. The first-order valence-electron chi connectivity index (χ1n) is 10.1. The molecule has 2 aromatic heterocycles. The van der Waals surface area contributed by atoms with Crippen molar-refractivity contribution in [2.24, 2.45) is 0 Å². The molecule has 0 saturated carbocycles. The van der Waals surface area contributed by atoms with Gasteiger partial charge in [-0.2, -0.15) is 0 Å². The molecule has 4 rings (SSSR count). The minimum Gasteiger partial charge on any atom is -0.475 e. The molecule has 2 atom stereocenters. The number of Topliss-reactive ketones (excluding diaryl/α,β-unsaturated/α-hetero) is 1. The number of carboxylic acid groups (broad SMARTS) is 1. The van der Waals surface area contributed by atoms with Gasteiger partial charge in [0, 0.05) is 31.7 Å². The van der Waals surface area contributed by atoms with Gasteiger partial charge in [0.2, 0.25) is 5.76 Å². The third-order valence-corrected chi connectivity index (χ3v) is 5.85. The van der Waals surface area contributed by atoms with E-state index in [1.165, 1.54) is 5.56 Å². The number of furan rings is 1. The van der Waals surface area contributed by atoms with Crippen molar-refractivity contribution in [1.29, 1.82) is 0 Å². The Bertz CT molecular complexity index is 1200. The molecule has 1 amide bonds. The number of carbonyl (C=O) groups excluding carboxylic acids is 2. The topological polar surface area (TPSA) is 117 Å². The van der Waals surface area contributed by atoms with Crippen molar-refractivity contribution in [1.82, 2.24) is 19.8 Å².